The Hall–Kier alpha value is -1.74. The number of anilines is 1. The Labute approximate surface area is 121 Å². The molecule has 0 unspecified atom stereocenters. The van der Waals surface area contributed by atoms with E-state index in [0.717, 1.165) is 38.4 Å². The van der Waals surface area contributed by atoms with Gasteiger partial charge in [0.1, 0.15) is 5.76 Å². The third-order valence-electron chi connectivity index (χ3n) is 3.42. The molecule has 0 fully saturated rings. The highest BCUT2D eigenvalue weighted by Gasteiger charge is 2.11. The highest BCUT2D eigenvalue weighted by atomic mass is 16.3. The van der Waals surface area contributed by atoms with E-state index >= 15 is 0 Å². The highest BCUT2D eigenvalue weighted by Crippen LogP contribution is 2.19. The highest BCUT2D eigenvalue weighted by molar-refractivity contribution is 5.46. The first kappa shape index (κ1) is 14.7. The van der Waals surface area contributed by atoms with Gasteiger partial charge in [0.15, 0.2) is 0 Å². The zero-order valence-electron chi connectivity index (χ0n) is 12.4. The lowest BCUT2D eigenvalue weighted by molar-refractivity contribution is 0.495. The van der Waals surface area contributed by atoms with E-state index < -0.39 is 0 Å². The van der Waals surface area contributed by atoms with Crippen molar-refractivity contribution in [3.05, 3.63) is 54.0 Å². The minimum absolute atomic E-state index is 0.816. The van der Waals surface area contributed by atoms with Crippen LogP contribution in [0.4, 0.5) is 5.69 Å². The van der Waals surface area contributed by atoms with Gasteiger partial charge in [-0.25, -0.2) is 0 Å². The molecule has 0 aliphatic carbocycles. The summed E-state index contributed by atoms with van der Waals surface area (Å²) in [5.74, 6) is 1.05. The SMILES string of the molecule is CCCNCc1ccoc1CN(CC)c1ccccc1. The molecule has 0 aliphatic rings. The van der Waals surface area contributed by atoms with Crippen LogP contribution in [0.15, 0.2) is 47.1 Å². The Morgan fingerprint density at radius 1 is 1.10 bits per heavy atom. The average molecular weight is 272 g/mol. The molecule has 0 saturated carbocycles. The first-order valence-corrected chi connectivity index (χ1v) is 7.41. The quantitative estimate of drug-likeness (QED) is 0.741. The van der Waals surface area contributed by atoms with Crippen LogP contribution in [0.1, 0.15) is 31.6 Å². The first-order chi connectivity index (χ1) is 9.85. The van der Waals surface area contributed by atoms with Gasteiger partial charge in [0.25, 0.3) is 0 Å². The number of nitrogens with zero attached hydrogens (tertiary/aromatic N) is 1. The second kappa shape index (κ2) is 7.75. The summed E-state index contributed by atoms with van der Waals surface area (Å²) in [5, 5.41) is 3.43. The number of hydrogen-bond donors (Lipinski definition) is 1. The van der Waals surface area contributed by atoms with Crippen molar-refractivity contribution in [3.8, 4) is 0 Å². The van der Waals surface area contributed by atoms with E-state index in [2.05, 4.69) is 54.4 Å². The van der Waals surface area contributed by atoms with E-state index in [0.29, 0.717) is 0 Å². The Balaban J connectivity index is 2.03. The van der Waals surface area contributed by atoms with Crippen LogP contribution < -0.4 is 10.2 Å². The average Bonchev–Trinajstić information content (AvgIpc) is 2.93. The summed E-state index contributed by atoms with van der Waals surface area (Å²) in [7, 11) is 0. The van der Waals surface area contributed by atoms with Crippen LogP contribution in [-0.2, 0) is 13.1 Å². The van der Waals surface area contributed by atoms with Gasteiger partial charge in [-0.15, -0.1) is 0 Å². The van der Waals surface area contributed by atoms with Crippen LogP contribution in [0.5, 0.6) is 0 Å². The van der Waals surface area contributed by atoms with Gasteiger partial charge in [-0.05, 0) is 38.1 Å². The maximum Gasteiger partial charge on any atom is 0.127 e. The zero-order chi connectivity index (χ0) is 14.2. The summed E-state index contributed by atoms with van der Waals surface area (Å²) in [5.41, 5.74) is 2.49. The van der Waals surface area contributed by atoms with Crippen molar-refractivity contribution in [2.45, 2.75) is 33.4 Å². The fourth-order valence-electron chi connectivity index (χ4n) is 2.26. The van der Waals surface area contributed by atoms with E-state index in [4.69, 9.17) is 4.42 Å². The van der Waals surface area contributed by atoms with Crippen LogP contribution in [0.3, 0.4) is 0 Å². The molecular formula is C17H24N2O. The van der Waals surface area contributed by atoms with E-state index in [-0.39, 0.29) is 0 Å². The molecule has 2 rings (SSSR count). The largest absolute Gasteiger partial charge is 0.467 e. The molecule has 1 heterocycles. The molecule has 0 atom stereocenters. The van der Waals surface area contributed by atoms with Crippen molar-refractivity contribution in [2.24, 2.45) is 0 Å². The summed E-state index contributed by atoms with van der Waals surface area (Å²) < 4.78 is 5.67. The molecular weight excluding hydrogens is 248 g/mol. The summed E-state index contributed by atoms with van der Waals surface area (Å²) in [4.78, 5) is 2.32. The van der Waals surface area contributed by atoms with Gasteiger partial charge < -0.3 is 14.6 Å². The molecule has 1 aromatic carbocycles. The first-order valence-electron chi connectivity index (χ1n) is 7.41. The van der Waals surface area contributed by atoms with E-state index in [1.165, 1.54) is 11.3 Å². The van der Waals surface area contributed by atoms with Gasteiger partial charge in [-0.3, -0.25) is 0 Å². The second-order valence-corrected chi connectivity index (χ2v) is 4.90. The molecule has 0 spiro atoms. The number of furan rings is 1. The lowest BCUT2D eigenvalue weighted by atomic mass is 10.2. The van der Waals surface area contributed by atoms with Crippen molar-refractivity contribution in [3.63, 3.8) is 0 Å². The normalized spacial score (nSPS) is 10.7. The lowest BCUT2D eigenvalue weighted by Gasteiger charge is -2.22. The van der Waals surface area contributed by atoms with Crippen molar-refractivity contribution in [1.29, 1.82) is 0 Å². The van der Waals surface area contributed by atoms with Crippen LogP contribution >= 0.6 is 0 Å². The molecule has 0 bridgehead atoms. The molecule has 0 saturated heterocycles. The summed E-state index contributed by atoms with van der Waals surface area (Å²) >= 11 is 0. The maximum absolute atomic E-state index is 5.67. The van der Waals surface area contributed by atoms with Gasteiger partial charge in [-0.1, -0.05) is 25.1 Å². The molecule has 20 heavy (non-hydrogen) atoms. The topological polar surface area (TPSA) is 28.4 Å². The minimum Gasteiger partial charge on any atom is -0.467 e. The lowest BCUT2D eigenvalue weighted by Crippen LogP contribution is -2.23. The maximum atomic E-state index is 5.67. The van der Waals surface area contributed by atoms with Crippen LogP contribution in [0.25, 0.3) is 0 Å². The molecule has 1 N–H and O–H groups in total. The minimum atomic E-state index is 0.816. The second-order valence-electron chi connectivity index (χ2n) is 4.90. The van der Waals surface area contributed by atoms with Gasteiger partial charge in [0, 0.05) is 24.3 Å². The Bertz CT molecular complexity index is 493. The monoisotopic (exact) mass is 272 g/mol. The summed E-state index contributed by atoms with van der Waals surface area (Å²) in [6.45, 7) is 8.05. The van der Waals surface area contributed by atoms with E-state index in [1.807, 2.05) is 6.07 Å². The Morgan fingerprint density at radius 3 is 2.60 bits per heavy atom. The molecule has 1 aromatic heterocycles. The van der Waals surface area contributed by atoms with Crippen LogP contribution in [0.2, 0.25) is 0 Å². The van der Waals surface area contributed by atoms with Gasteiger partial charge in [-0.2, -0.15) is 0 Å². The fourth-order valence-corrected chi connectivity index (χ4v) is 2.26. The molecule has 3 nitrogen and oxygen atoms in total. The number of rotatable bonds is 8. The van der Waals surface area contributed by atoms with Crippen LogP contribution in [0, 0.1) is 0 Å². The van der Waals surface area contributed by atoms with Gasteiger partial charge in [0.2, 0.25) is 0 Å². The summed E-state index contributed by atoms with van der Waals surface area (Å²) in [6.07, 6.45) is 2.94. The van der Waals surface area contributed by atoms with E-state index in [9.17, 15) is 0 Å². The molecule has 0 amide bonds. The molecule has 0 radical (unpaired) electrons. The van der Waals surface area contributed by atoms with Gasteiger partial charge >= 0.3 is 0 Å². The number of benzene rings is 1. The third kappa shape index (κ3) is 3.87. The molecule has 2 aromatic rings. The Morgan fingerprint density at radius 2 is 1.90 bits per heavy atom. The van der Waals surface area contributed by atoms with Crippen molar-refractivity contribution in [1.82, 2.24) is 5.32 Å². The number of nitrogens with one attached hydrogen (secondary N) is 1. The van der Waals surface area contributed by atoms with Crippen molar-refractivity contribution in [2.75, 3.05) is 18.0 Å². The molecule has 108 valence electrons. The van der Waals surface area contributed by atoms with Gasteiger partial charge in [0.05, 0.1) is 12.8 Å². The molecule has 0 aliphatic heterocycles. The Kier molecular flexibility index (Phi) is 5.69. The third-order valence-corrected chi connectivity index (χ3v) is 3.42. The smallest absolute Gasteiger partial charge is 0.127 e. The molecule has 3 heteroatoms. The predicted octanol–water partition coefficient (Wildman–Crippen LogP) is 3.81. The van der Waals surface area contributed by atoms with Crippen molar-refractivity contribution < 1.29 is 4.42 Å². The summed E-state index contributed by atoms with van der Waals surface area (Å²) in [6, 6.07) is 12.5. The standard InChI is InChI=1S/C17H24N2O/c1-3-11-18-13-15-10-12-20-17(15)14-19(4-2)16-8-6-5-7-9-16/h5-10,12,18H,3-4,11,13-14H2,1-2H3. The van der Waals surface area contributed by atoms with Crippen LogP contribution in [-0.4, -0.2) is 13.1 Å². The van der Waals surface area contributed by atoms with E-state index in [1.54, 1.807) is 6.26 Å². The van der Waals surface area contributed by atoms with Crippen molar-refractivity contribution >= 4 is 5.69 Å². The zero-order valence-corrected chi connectivity index (χ0v) is 12.4. The fraction of sp³-hybridized carbons (Fsp3) is 0.412. The number of hydrogen-bond acceptors (Lipinski definition) is 3. The predicted molar refractivity (Wildman–Crippen MR) is 83.9 cm³/mol. The number of para-hydroxylation sites is 1.